The van der Waals surface area contributed by atoms with Gasteiger partial charge in [0.1, 0.15) is 18.7 Å². The Kier molecular flexibility index (Phi) is 11.0. The normalized spacial score (nSPS) is 24.1. The molecule has 1 saturated heterocycles. The van der Waals surface area contributed by atoms with Crippen LogP contribution < -0.4 is 27.0 Å². The van der Waals surface area contributed by atoms with Gasteiger partial charge in [0.2, 0.25) is 17.6 Å². The van der Waals surface area contributed by atoms with Crippen molar-refractivity contribution >= 4 is 35.6 Å². The zero-order valence-corrected chi connectivity index (χ0v) is 30.2. The van der Waals surface area contributed by atoms with Gasteiger partial charge in [-0.25, -0.2) is 9.59 Å². The summed E-state index contributed by atoms with van der Waals surface area (Å²) in [7, 11) is 0. The molecule has 266 valence electrons. The SMILES string of the molecule is CC(C)(C)NC(=O)OC[C@@H](NC(=O)N[C@H](C(=O)N1CC2C([C@H]1C(=O)NC(CC1CCC1)C(=O)C(N)=O)C2(C)C)C(C)(C)C)C(C)(C)C. The molecule has 0 aromatic heterocycles. The van der Waals surface area contributed by atoms with E-state index in [9.17, 15) is 28.8 Å². The average molecular weight is 663 g/mol. The molecule has 1 heterocycles. The van der Waals surface area contributed by atoms with E-state index in [1.807, 2.05) is 76.2 Å². The van der Waals surface area contributed by atoms with Crippen LogP contribution in [0.15, 0.2) is 0 Å². The lowest BCUT2D eigenvalue weighted by atomic mass is 9.80. The molecule has 47 heavy (non-hydrogen) atoms. The highest BCUT2D eigenvalue weighted by atomic mass is 16.5. The van der Waals surface area contributed by atoms with E-state index in [-0.39, 0.29) is 29.8 Å². The van der Waals surface area contributed by atoms with Crippen molar-refractivity contribution in [3.05, 3.63) is 0 Å². The number of hydrogen-bond donors (Lipinski definition) is 5. The van der Waals surface area contributed by atoms with Crippen molar-refractivity contribution in [2.24, 2.45) is 39.7 Å². The first-order valence-corrected chi connectivity index (χ1v) is 16.8. The van der Waals surface area contributed by atoms with Crippen LogP contribution >= 0.6 is 0 Å². The second-order valence-electron chi connectivity index (χ2n) is 17.5. The highest BCUT2D eigenvalue weighted by Gasteiger charge is 2.70. The van der Waals surface area contributed by atoms with Crippen LogP contribution in [0.5, 0.6) is 0 Å². The first kappa shape index (κ1) is 38.1. The molecule has 1 aliphatic heterocycles. The lowest BCUT2D eigenvalue weighted by molar-refractivity contribution is -0.145. The van der Waals surface area contributed by atoms with E-state index in [4.69, 9.17) is 10.5 Å². The Hall–Kier alpha value is -3.38. The van der Waals surface area contributed by atoms with Gasteiger partial charge in [-0.2, -0.15) is 0 Å². The van der Waals surface area contributed by atoms with Crippen LogP contribution in [-0.4, -0.2) is 83.4 Å². The number of nitrogens with zero attached hydrogens (tertiary/aromatic N) is 1. The maximum absolute atomic E-state index is 14.3. The number of carbonyl (C=O) groups is 6. The minimum atomic E-state index is -1.10. The number of ether oxygens (including phenoxy) is 1. The van der Waals surface area contributed by atoms with E-state index in [1.54, 1.807) is 0 Å². The van der Waals surface area contributed by atoms with Crippen LogP contribution in [0.25, 0.3) is 0 Å². The Morgan fingerprint density at radius 1 is 0.894 bits per heavy atom. The van der Waals surface area contributed by atoms with Crippen molar-refractivity contribution in [3.8, 4) is 0 Å². The Morgan fingerprint density at radius 3 is 1.96 bits per heavy atom. The van der Waals surface area contributed by atoms with Crippen LogP contribution in [0.3, 0.4) is 0 Å². The third kappa shape index (κ3) is 9.37. The van der Waals surface area contributed by atoms with Crippen LogP contribution in [0.4, 0.5) is 9.59 Å². The molecule has 6 atom stereocenters. The molecule has 13 heteroatoms. The predicted molar refractivity (Wildman–Crippen MR) is 177 cm³/mol. The summed E-state index contributed by atoms with van der Waals surface area (Å²) in [4.78, 5) is 80.0. The van der Waals surface area contributed by atoms with Gasteiger partial charge in [0.25, 0.3) is 5.91 Å². The van der Waals surface area contributed by atoms with Gasteiger partial charge in [-0.3, -0.25) is 19.2 Å². The maximum Gasteiger partial charge on any atom is 0.407 e. The molecule has 0 bridgehead atoms. The zero-order valence-electron chi connectivity index (χ0n) is 30.2. The summed E-state index contributed by atoms with van der Waals surface area (Å²) >= 11 is 0. The summed E-state index contributed by atoms with van der Waals surface area (Å²) in [6, 6.07) is -4.14. The number of hydrogen-bond acceptors (Lipinski definition) is 7. The monoisotopic (exact) mass is 662 g/mol. The first-order chi connectivity index (χ1) is 21.3. The molecule has 3 aliphatic rings. The molecule has 2 saturated carbocycles. The number of ketones is 1. The third-order valence-corrected chi connectivity index (χ3v) is 10.0. The second-order valence-corrected chi connectivity index (χ2v) is 17.5. The van der Waals surface area contributed by atoms with E-state index in [1.165, 1.54) is 4.90 Å². The van der Waals surface area contributed by atoms with E-state index in [0.717, 1.165) is 19.3 Å². The number of primary amides is 1. The standard InChI is InChI=1S/C34H58N6O7/c1-31(2,3)21(17-47-30(46)39-33(7,8)9)37-29(45)38-25(32(4,5)6)28(44)40-16-19-22(34(19,10)11)23(40)27(43)36-20(24(41)26(35)42)15-18-13-12-14-18/h18-23,25H,12-17H2,1-11H3,(H2,35,42)(H,36,43)(H,39,46)(H2,37,38,45)/t19?,20?,21-,22?,23+,25-/m1/s1. The van der Waals surface area contributed by atoms with Gasteiger partial charge in [-0.05, 0) is 61.2 Å². The van der Waals surface area contributed by atoms with E-state index < -0.39 is 76.2 Å². The Balaban J connectivity index is 1.78. The molecule has 0 radical (unpaired) electrons. The molecule has 0 aromatic carbocycles. The fraction of sp³-hybridized carbons (Fsp3) is 0.824. The van der Waals surface area contributed by atoms with Gasteiger partial charge in [0.05, 0.1) is 12.1 Å². The van der Waals surface area contributed by atoms with Crippen molar-refractivity contribution in [1.29, 1.82) is 0 Å². The number of urea groups is 1. The zero-order chi connectivity index (χ0) is 35.9. The number of likely N-dealkylation sites (tertiary alicyclic amines) is 1. The van der Waals surface area contributed by atoms with Gasteiger partial charge < -0.3 is 36.6 Å². The molecule has 2 aliphatic carbocycles. The van der Waals surface area contributed by atoms with E-state index >= 15 is 0 Å². The van der Waals surface area contributed by atoms with Gasteiger partial charge in [-0.1, -0.05) is 74.7 Å². The minimum Gasteiger partial charge on any atom is -0.447 e. The van der Waals surface area contributed by atoms with Crippen LogP contribution in [0, 0.1) is 34.0 Å². The molecule has 0 spiro atoms. The first-order valence-electron chi connectivity index (χ1n) is 16.8. The summed E-state index contributed by atoms with van der Waals surface area (Å²) in [5.41, 5.74) is 3.40. The topological polar surface area (TPSA) is 189 Å². The number of nitrogens with two attached hydrogens (primary N) is 1. The number of alkyl carbamates (subject to hydrolysis) is 1. The number of fused-ring (bicyclic) bond motifs is 1. The largest absolute Gasteiger partial charge is 0.447 e. The fourth-order valence-corrected chi connectivity index (χ4v) is 6.69. The number of Topliss-reactive ketones (excluding diaryl/α,β-unsaturated/α-hetero) is 1. The summed E-state index contributed by atoms with van der Waals surface area (Å²) < 4.78 is 5.42. The second kappa shape index (κ2) is 13.6. The quantitative estimate of drug-likeness (QED) is 0.210. The smallest absolute Gasteiger partial charge is 0.407 e. The summed E-state index contributed by atoms with van der Waals surface area (Å²) in [6.07, 6.45) is 2.58. The third-order valence-electron chi connectivity index (χ3n) is 10.0. The highest BCUT2D eigenvalue weighted by molar-refractivity contribution is 6.37. The van der Waals surface area contributed by atoms with Crippen molar-refractivity contribution in [2.75, 3.05) is 13.2 Å². The Labute approximate surface area is 279 Å². The van der Waals surface area contributed by atoms with Crippen molar-refractivity contribution in [1.82, 2.24) is 26.2 Å². The predicted octanol–water partition coefficient (Wildman–Crippen LogP) is 2.85. The number of nitrogens with one attached hydrogen (secondary N) is 4. The average Bonchev–Trinajstić information content (AvgIpc) is 3.20. The molecule has 13 nitrogen and oxygen atoms in total. The van der Waals surface area contributed by atoms with Crippen LogP contribution in [-0.2, 0) is 23.9 Å². The number of carbonyl (C=O) groups excluding carboxylic acids is 6. The Morgan fingerprint density at radius 2 is 1.49 bits per heavy atom. The van der Waals surface area contributed by atoms with Gasteiger partial charge >= 0.3 is 12.1 Å². The van der Waals surface area contributed by atoms with Crippen molar-refractivity contribution in [3.63, 3.8) is 0 Å². The van der Waals surface area contributed by atoms with Gasteiger partial charge in [0, 0.05) is 12.1 Å². The number of amides is 6. The Bertz CT molecular complexity index is 1240. The van der Waals surface area contributed by atoms with Crippen LogP contribution in [0.1, 0.15) is 102 Å². The van der Waals surface area contributed by atoms with E-state index in [0.29, 0.717) is 13.0 Å². The van der Waals surface area contributed by atoms with Gasteiger partial charge in [0.15, 0.2) is 0 Å². The van der Waals surface area contributed by atoms with Crippen LogP contribution in [0.2, 0.25) is 0 Å². The summed E-state index contributed by atoms with van der Waals surface area (Å²) in [5.74, 6) is -2.71. The molecular weight excluding hydrogens is 604 g/mol. The van der Waals surface area contributed by atoms with Gasteiger partial charge in [-0.15, -0.1) is 0 Å². The molecule has 6 amide bonds. The fourth-order valence-electron chi connectivity index (χ4n) is 6.69. The molecule has 6 N–H and O–H groups in total. The lowest BCUT2D eigenvalue weighted by Gasteiger charge is -2.39. The minimum absolute atomic E-state index is 0.0650. The maximum atomic E-state index is 14.3. The van der Waals surface area contributed by atoms with Crippen molar-refractivity contribution < 1.29 is 33.5 Å². The van der Waals surface area contributed by atoms with Crippen molar-refractivity contribution in [2.45, 2.75) is 132 Å². The molecule has 0 aromatic rings. The number of piperidine rings is 1. The molecule has 3 fully saturated rings. The molecule has 3 rings (SSSR count). The lowest BCUT2D eigenvalue weighted by Crippen LogP contribution is -2.62. The highest BCUT2D eigenvalue weighted by Crippen LogP contribution is 2.65. The summed E-state index contributed by atoms with van der Waals surface area (Å²) in [5, 5.41) is 11.2. The molecular formula is C34H58N6O7. The van der Waals surface area contributed by atoms with E-state index in [2.05, 4.69) is 21.3 Å². The summed E-state index contributed by atoms with van der Waals surface area (Å²) in [6.45, 7) is 21.0. The number of rotatable bonds is 11. The molecule has 3 unspecified atom stereocenters.